The molecule has 2 atom stereocenters. The van der Waals surface area contributed by atoms with E-state index in [1.54, 1.807) is 7.11 Å². The second-order valence-corrected chi connectivity index (χ2v) is 7.98. The number of nitrogens with zero attached hydrogens (tertiary/aromatic N) is 4. The first-order chi connectivity index (χ1) is 13.4. The maximum absolute atomic E-state index is 5.74. The molecular weight excluding hydrogens is 370 g/mol. The van der Waals surface area contributed by atoms with E-state index in [0.29, 0.717) is 6.61 Å². The van der Waals surface area contributed by atoms with Gasteiger partial charge in [-0.15, -0.1) is 0 Å². The molecule has 1 saturated heterocycles. The third kappa shape index (κ3) is 4.21. The van der Waals surface area contributed by atoms with Gasteiger partial charge < -0.3 is 24.4 Å². The van der Waals surface area contributed by atoms with Crippen molar-refractivity contribution in [2.45, 2.75) is 32.5 Å². The smallest absolute Gasteiger partial charge is 0.170 e. The van der Waals surface area contributed by atoms with Gasteiger partial charge in [-0.1, -0.05) is 6.07 Å². The molecule has 2 aromatic heterocycles. The zero-order valence-electron chi connectivity index (χ0n) is 17.5. The van der Waals surface area contributed by atoms with Crippen molar-refractivity contribution in [2.24, 2.45) is 0 Å². The van der Waals surface area contributed by atoms with Gasteiger partial charge in [0.05, 0.1) is 24.4 Å². The lowest BCUT2D eigenvalue weighted by molar-refractivity contribution is 0.186. The van der Waals surface area contributed by atoms with Gasteiger partial charge in [0, 0.05) is 44.3 Å². The van der Waals surface area contributed by atoms with Crippen molar-refractivity contribution in [3.8, 4) is 0 Å². The molecule has 6 nitrogen and oxygen atoms in total. The Bertz CT molecular complexity index is 805. The van der Waals surface area contributed by atoms with E-state index in [0.717, 1.165) is 30.4 Å². The van der Waals surface area contributed by atoms with Crippen LogP contribution in [0.2, 0.25) is 0 Å². The number of hydrogen-bond donors (Lipinski definition) is 1. The molecule has 0 spiro atoms. The Morgan fingerprint density at radius 2 is 2.04 bits per heavy atom. The van der Waals surface area contributed by atoms with E-state index >= 15 is 0 Å². The Hall–Kier alpha value is -1.96. The van der Waals surface area contributed by atoms with Crippen molar-refractivity contribution in [3.63, 3.8) is 0 Å². The number of ether oxygens (including phenoxy) is 1. The average Bonchev–Trinajstić information content (AvgIpc) is 3.15. The van der Waals surface area contributed by atoms with E-state index in [1.165, 1.54) is 17.0 Å². The molecule has 28 heavy (non-hydrogen) atoms. The largest absolute Gasteiger partial charge is 0.383 e. The van der Waals surface area contributed by atoms with E-state index in [4.69, 9.17) is 17.0 Å². The molecule has 3 rings (SSSR count). The zero-order chi connectivity index (χ0) is 20.3. The number of rotatable bonds is 8. The van der Waals surface area contributed by atoms with E-state index in [9.17, 15) is 0 Å². The highest BCUT2D eigenvalue weighted by atomic mass is 32.1. The van der Waals surface area contributed by atoms with Crippen LogP contribution in [0.15, 0.2) is 30.5 Å². The number of pyridine rings is 1. The minimum Gasteiger partial charge on any atom is -0.383 e. The standard InChI is InChI=1S/C21H31N5OS/c1-15-14-17(16(2)25(15)12-13-27-5)20-19(18-8-6-7-9-22-18)23-21(28)26(20)11-10-24(3)4/h6-9,14,19-20H,10-13H2,1-5H3,(H,23,28)/t19-,20+/m1/s1. The Kier molecular flexibility index (Phi) is 6.69. The van der Waals surface area contributed by atoms with Gasteiger partial charge in [0.1, 0.15) is 0 Å². The van der Waals surface area contributed by atoms with Crippen LogP contribution in [0.3, 0.4) is 0 Å². The maximum atomic E-state index is 5.74. The quantitative estimate of drug-likeness (QED) is 0.686. The van der Waals surface area contributed by atoms with Crippen LogP contribution >= 0.6 is 12.2 Å². The fraction of sp³-hybridized carbons (Fsp3) is 0.524. The first kappa shape index (κ1) is 20.8. The molecule has 152 valence electrons. The first-order valence-corrected chi connectivity index (χ1v) is 10.1. The summed E-state index contributed by atoms with van der Waals surface area (Å²) in [6.45, 7) is 7.71. The Balaban J connectivity index is 2.01. The number of aromatic nitrogens is 2. The van der Waals surface area contributed by atoms with Gasteiger partial charge in [-0.05, 0) is 63.9 Å². The van der Waals surface area contributed by atoms with Gasteiger partial charge >= 0.3 is 0 Å². The Morgan fingerprint density at radius 3 is 2.68 bits per heavy atom. The highest BCUT2D eigenvalue weighted by molar-refractivity contribution is 7.80. The third-order valence-electron chi connectivity index (χ3n) is 5.44. The molecule has 0 aromatic carbocycles. The molecule has 7 heteroatoms. The summed E-state index contributed by atoms with van der Waals surface area (Å²) in [5.41, 5.74) is 4.83. The number of likely N-dealkylation sites (N-methyl/N-ethyl adjacent to an activating group) is 1. The second-order valence-electron chi connectivity index (χ2n) is 7.59. The van der Waals surface area contributed by atoms with Crippen LogP contribution in [0.25, 0.3) is 0 Å². The SMILES string of the molecule is COCCn1c(C)cc([C@H]2[C@@H](c3ccccn3)NC(=S)N2CCN(C)C)c1C. The van der Waals surface area contributed by atoms with Gasteiger partial charge in [0.2, 0.25) is 0 Å². The minimum atomic E-state index is 0.0345. The number of thiocarbonyl (C=S) groups is 1. The number of methoxy groups -OCH3 is 1. The Labute approximate surface area is 173 Å². The van der Waals surface area contributed by atoms with Gasteiger partial charge in [-0.3, -0.25) is 4.98 Å². The second kappa shape index (κ2) is 9.03. The fourth-order valence-electron chi connectivity index (χ4n) is 3.95. The summed E-state index contributed by atoms with van der Waals surface area (Å²) in [5.74, 6) is 0. The van der Waals surface area contributed by atoms with E-state index in [1.807, 2.05) is 18.3 Å². The molecule has 1 N–H and O–H groups in total. The summed E-state index contributed by atoms with van der Waals surface area (Å²) in [4.78, 5) is 9.13. The van der Waals surface area contributed by atoms with Crippen molar-refractivity contribution in [1.82, 2.24) is 24.7 Å². The minimum absolute atomic E-state index is 0.0345. The molecule has 0 bridgehead atoms. The van der Waals surface area contributed by atoms with Crippen molar-refractivity contribution in [1.29, 1.82) is 0 Å². The van der Waals surface area contributed by atoms with Crippen LogP contribution in [0.1, 0.15) is 34.7 Å². The van der Waals surface area contributed by atoms with Crippen molar-refractivity contribution in [2.75, 3.05) is 40.9 Å². The lowest BCUT2D eigenvalue weighted by Crippen LogP contribution is -2.35. The van der Waals surface area contributed by atoms with Gasteiger partial charge in [-0.25, -0.2) is 0 Å². The van der Waals surface area contributed by atoms with Gasteiger partial charge in [0.25, 0.3) is 0 Å². The fourth-order valence-corrected chi connectivity index (χ4v) is 4.28. The molecule has 0 saturated carbocycles. The predicted octanol–water partition coefficient (Wildman–Crippen LogP) is 2.68. The van der Waals surface area contributed by atoms with Crippen LogP contribution in [0, 0.1) is 13.8 Å². The summed E-state index contributed by atoms with van der Waals surface area (Å²) in [7, 11) is 5.93. The van der Waals surface area contributed by atoms with Crippen LogP contribution in [0.4, 0.5) is 0 Å². The molecule has 1 fully saturated rings. The number of nitrogens with one attached hydrogen (secondary N) is 1. The normalized spacial score (nSPS) is 19.5. The molecule has 0 radical (unpaired) electrons. The van der Waals surface area contributed by atoms with Crippen LogP contribution in [0.5, 0.6) is 0 Å². The van der Waals surface area contributed by atoms with Crippen molar-refractivity contribution < 1.29 is 4.74 Å². The maximum Gasteiger partial charge on any atom is 0.170 e. The molecule has 1 aliphatic heterocycles. The molecular formula is C21H31N5OS. The molecule has 3 heterocycles. The van der Waals surface area contributed by atoms with Crippen molar-refractivity contribution in [3.05, 3.63) is 53.1 Å². The third-order valence-corrected chi connectivity index (χ3v) is 5.79. The zero-order valence-corrected chi connectivity index (χ0v) is 18.3. The van der Waals surface area contributed by atoms with Crippen molar-refractivity contribution >= 4 is 17.3 Å². The van der Waals surface area contributed by atoms with E-state index in [-0.39, 0.29) is 12.1 Å². The molecule has 1 aliphatic rings. The van der Waals surface area contributed by atoms with Gasteiger partial charge in [-0.2, -0.15) is 0 Å². The summed E-state index contributed by atoms with van der Waals surface area (Å²) >= 11 is 5.74. The predicted molar refractivity (Wildman–Crippen MR) is 116 cm³/mol. The highest BCUT2D eigenvalue weighted by Crippen LogP contribution is 2.40. The summed E-state index contributed by atoms with van der Waals surface area (Å²) in [6, 6.07) is 8.51. The average molecular weight is 402 g/mol. The topological polar surface area (TPSA) is 45.6 Å². The Morgan fingerprint density at radius 1 is 1.25 bits per heavy atom. The lowest BCUT2D eigenvalue weighted by atomic mass is 9.97. The van der Waals surface area contributed by atoms with E-state index in [2.05, 4.69) is 64.7 Å². The number of hydrogen-bond acceptors (Lipinski definition) is 4. The lowest BCUT2D eigenvalue weighted by Gasteiger charge is -2.29. The van der Waals surface area contributed by atoms with Crippen LogP contribution in [-0.2, 0) is 11.3 Å². The monoisotopic (exact) mass is 401 g/mol. The van der Waals surface area contributed by atoms with Crippen LogP contribution < -0.4 is 5.32 Å². The molecule has 2 aromatic rings. The highest BCUT2D eigenvalue weighted by Gasteiger charge is 2.41. The summed E-state index contributed by atoms with van der Waals surface area (Å²) in [6.07, 6.45) is 1.85. The van der Waals surface area contributed by atoms with Gasteiger partial charge in [0.15, 0.2) is 5.11 Å². The molecule has 0 unspecified atom stereocenters. The first-order valence-electron chi connectivity index (χ1n) is 9.72. The molecule has 0 aliphatic carbocycles. The number of aryl methyl sites for hydroxylation is 1. The summed E-state index contributed by atoms with van der Waals surface area (Å²) < 4.78 is 7.64. The van der Waals surface area contributed by atoms with E-state index < -0.39 is 0 Å². The molecule has 0 amide bonds. The van der Waals surface area contributed by atoms with Crippen LogP contribution in [-0.4, -0.2) is 65.4 Å². The summed E-state index contributed by atoms with van der Waals surface area (Å²) in [5, 5.41) is 4.33.